The fourth-order valence-corrected chi connectivity index (χ4v) is 13.7. The number of benzene rings is 5. The molecule has 10 heteroatoms. The standard InChI is InChI=1S/C42H32O8P2/c43-51(44,45)49-41-37-33-15-34(30-12-26-22-9-21(25(26)11-29(30)33)17-5-1-2-6-18(17)22)38(37)42(50-52(46,47)48)40-36-16-35(39(40)41)31-13-27-23-10-24(28(27)14-32(31)36)20-8-4-3-7-19(20)23/h1-8,11-14,21-24,33-36H,9-10,15-16H2,(H2,43,44,45)(H2,46,47,48)/t21-,22+,23+,24-,33-,34+,35-,36+. The maximum atomic E-state index is 12.8. The van der Waals surface area contributed by atoms with E-state index in [0.717, 1.165) is 35.1 Å². The lowest BCUT2D eigenvalue weighted by atomic mass is 9.74. The van der Waals surface area contributed by atoms with Crippen molar-refractivity contribution in [2.45, 2.75) is 73.0 Å². The highest BCUT2D eigenvalue weighted by atomic mass is 31.2. The summed E-state index contributed by atoms with van der Waals surface area (Å²) in [4.78, 5) is 41.7. The summed E-state index contributed by atoms with van der Waals surface area (Å²) in [6, 6.07) is 26.6. The Morgan fingerprint density at radius 2 is 0.615 bits per heavy atom. The number of hydrogen-bond acceptors (Lipinski definition) is 4. The number of fused-ring (bicyclic) bond motifs is 32. The van der Waals surface area contributed by atoms with Gasteiger partial charge < -0.3 is 9.05 Å². The molecule has 13 rings (SSSR count). The predicted molar refractivity (Wildman–Crippen MR) is 191 cm³/mol. The molecule has 8 aliphatic rings. The zero-order valence-electron chi connectivity index (χ0n) is 27.7. The summed E-state index contributed by atoms with van der Waals surface area (Å²) in [5.41, 5.74) is 17.7. The Labute approximate surface area is 298 Å². The minimum absolute atomic E-state index is 0.187. The second-order valence-corrected chi connectivity index (χ2v) is 18.6. The van der Waals surface area contributed by atoms with E-state index >= 15 is 0 Å². The van der Waals surface area contributed by atoms with Gasteiger partial charge in [0, 0.05) is 69.6 Å². The Balaban J connectivity index is 1.03. The molecule has 0 amide bonds. The Hall–Kier alpha value is -4.00. The van der Waals surface area contributed by atoms with Crippen LogP contribution in [0.1, 0.15) is 162 Å². The molecule has 8 atom stereocenters. The second-order valence-electron chi connectivity index (χ2n) is 16.3. The molecule has 0 saturated carbocycles. The van der Waals surface area contributed by atoms with Gasteiger partial charge in [-0.15, -0.1) is 0 Å². The third kappa shape index (κ3) is 3.46. The summed E-state index contributed by atoms with van der Waals surface area (Å²) in [6.07, 6.45) is 3.33. The summed E-state index contributed by atoms with van der Waals surface area (Å²) in [5.74, 6) is 0.661. The topological polar surface area (TPSA) is 134 Å². The first kappa shape index (κ1) is 29.5. The van der Waals surface area contributed by atoms with E-state index < -0.39 is 15.6 Å². The highest BCUT2D eigenvalue weighted by Gasteiger charge is 2.56. The monoisotopic (exact) mass is 726 g/mol. The van der Waals surface area contributed by atoms with Gasteiger partial charge in [-0.2, -0.15) is 0 Å². The summed E-state index contributed by atoms with van der Waals surface area (Å²) < 4.78 is 37.3. The number of hydrogen-bond donors (Lipinski definition) is 4. The van der Waals surface area contributed by atoms with Crippen LogP contribution in [0.25, 0.3) is 0 Å². The van der Waals surface area contributed by atoms with Gasteiger partial charge in [0.1, 0.15) is 11.5 Å². The zero-order valence-corrected chi connectivity index (χ0v) is 29.5. The molecule has 0 saturated heterocycles. The minimum Gasteiger partial charge on any atom is -0.404 e. The van der Waals surface area contributed by atoms with Crippen LogP contribution in [0.5, 0.6) is 11.5 Å². The third-order valence-corrected chi connectivity index (χ3v) is 15.2. The zero-order chi connectivity index (χ0) is 34.7. The van der Waals surface area contributed by atoms with Crippen LogP contribution in [0.15, 0.2) is 72.8 Å². The van der Waals surface area contributed by atoms with E-state index in [9.17, 15) is 28.7 Å². The lowest BCUT2D eigenvalue weighted by molar-refractivity contribution is 0.275. The Bertz CT molecular complexity index is 2340. The maximum absolute atomic E-state index is 12.8. The molecule has 0 aromatic heterocycles. The molecule has 8 bridgehead atoms. The Kier molecular flexibility index (Phi) is 5.21. The van der Waals surface area contributed by atoms with Crippen LogP contribution in [0, 0.1) is 0 Å². The lowest BCUT2D eigenvalue weighted by Crippen LogP contribution is -2.16. The molecule has 8 nitrogen and oxygen atoms in total. The molecule has 5 aromatic rings. The number of phosphoric acid groups is 2. The van der Waals surface area contributed by atoms with Crippen LogP contribution in [0.2, 0.25) is 0 Å². The van der Waals surface area contributed by atoms with Gasteiger partial charge in [-0.1, -0.05) is 72.8 Å². The molecule has 0 radical (unpaired) electrons. The molecule has 0 unspecified atom stereocenters. The largest absolute Gasteiger partial charge is 0.524 e. The van der Waals surface area contributed by atoms with Crippen LogP contribution < -0.4 is 9.05 Å². The summed E-state index contributed by atoms with van der Waals surface area (Å²) in [7, 11) is -10.1. The first-order chi connectivity index (χ1) is 25.0. The van der Waals surface area contributed by atoms with Crippen LogP contribution in [0.4, 0.5) is 0 Å². The molecular formula is C42H32O8P2. The Morgan fingerprint density at radius 3 is 0.865 bits per heavy atom. The van der Waals surface area contributed by atoms with Gasteiger partial charge >= 0.3 is 15.6 Å². The highest BCUT2D eigenvalue weighted by Crippen LogP contribution is 2.73. The van der Waals surface area contributed by atoms with Gasteiger partial charge in [0.25, 0.3) is 0 Å². The lowest BCUT2D eigenvalue weighted by Gasteiger charge is -2.33. The van der Waals surface area contributed by atoms with Crippen molar-refractivity contribution in [3.8, 4) is 11.5 Å². The average molecular weight is 727 g/mol. The fourth-order valence-electron chi connectivity index (χ4n) is 12.9. The van der Waals surface area contributed by atoms with E-state index in [1.54, 1.807) is 0 Å². The van der Waals surface area contributed by atoms with E-state index in [-0.39, 0.29) is 35.2 Å². The molecule has 8 aliphatic carbocycles. The van der Waals surface area contributed by atoms with Gasteiger partial charge in [0.05, 0.1) is 0 Å². The molecule has 0 aliphatic heterocycles. The SMILES string of the molecule is O=P(O)(O)Oc1c2c(c(OP(=O)(O)O)c3c1[C@@H]1C[C@H]3c3cc4c(cc31)[C@@H]1C[C@H]4c3ccccc31)[C@H]1C[C@@H]2c2cc3c(cc21)[C@@H]1C[C@H]3c2ccccc21. The van der Waals surface area contributed by atoms with E-state index in [0.29, 0.717) is 58.8 Å². The van der Waals surface area contributed by atoms with Crippen LogP contribution >= 0.6 is 15.6 Å². The van der Waals surface area contributed by atoms with Gasteiger partial charge in [0.2, 0.25) is 0 Å². The van der Waals surface area contributed by atoms with Crippen molar-refractivity contribution >= 4 is 15.6 Å². The molecular weight excluding hydrogens is 694 g/mol. The summed E-state index contributed by atoms with van der Waals surface area (Å²) in [6.45, 7) is 0. The van der Waals surface area contributed by atoms with E-state index in [2.05, 4.69) is 72.8 Å². The van der Waals surface area contributed by atoms with Gasteiger partial charge in [-0.3, -0.25) is 19.6 Å². The van der Waals surface area contributed by atoms with Gasteiger partial charge in [-0.25, -0.2) is 9.13 Å². The van der Waals surface area contributed by atoms with Crippen molar-refractivity contribution in [1.82, 2.24) is 0 Å². The van der Waals surface area contributed by atoms with Crippen molar-refractivity contribution in [3.05, 3.63) is 162 Å². The molecule has 0 fully saturated rings. The van der Waals surface area contributed by atoms with Crippen molar-refractivity contribution in [3.63, 3.8) is 0 Å². The Morgan fingerprint density at radius 1 is 0.385 bits per heavy atom. The number of rotatable bonds is 4. The number of phosphoric ester groups is 2. The third-order valence-electron chi connectivity index (χ3n) is 14.3. The minimum atomic E-state index is -5.03. The first-order valence-corrected chi connectivity index (χ1v) is 21.3. The molecule has 5 aromatic carbocycles. The van der Waals surface area contributed by atoms with Crippen LogP contribution in [-0.4, -0.2) is 19.6 Å². The van der Waals surface area contributed by atoms with Crippen LogP contribution in [-0.2, 0) is 9.13 Å². The van der Waals surface area contributed by atoms with E-state index in [4.69, 9.17) is 9.05 Å². The summed E-state index contributed by atoms with van der Waals surface area (Å²) in [5, 5.41) is 0. The quantitative estimate of drug-likeness (QED) is 0.136. The first-order valence-electron chi connectivity index (χ1n) is 18.3. The van der Waals surface area contributed by atoms with Crippen molar-refractivity contribution in [2.24, 2.45) is 0 Å². The van der Waals surface area contributed by atoms with Crippen LogP contribution in [0.3, 0.4) is 0 Å². The highest BCUT2D eigenvalue weighted by molar-refractivity contribution is 7.47. The van der Waals surface area contributed by atoms with Crippen molar-refractivity contribution < 1.29 is 37.8 Å². The maximum Gasteiger partial charge on any atom is 0.524 e. The smallest absolute Gasteiger partial charge is 0.404 e. The molecule has 4 N–H and O–H groups in total. The van der Waals surface area contributed by atoms with E-state index in [1.807, 2.05) is 0 Å². The molecule has 0 spiro atoms. The molecule has 258 valence electrons. The molecule has 0 heterocycles. The van der Waals surface area contributed by atoms with Gasteiger partial charge in [-0.05, 0) is 92.4 Å². The fraction of sp³-hybridized carbons (Fsp3) is 0.286. The van der Waals surface area contributed by atoms with Gasteiger partial charge in [0.15, 0.2) is 0 Å². The second kappa shape index (κ2) is 9.19. The normalized spacial score (nSPS) is 29.0. The van der Waals surface area contributed by atoms with Crippen molar-refractivity contribution in [2.75, 3.05) is 0 Å². The summed E-state index contributed by atoms with van der Waals surface area (Å²) >= 11 is 0. The van der Waals surface area contributed by atoms with E-state index in [1.165, 1.54) is 44.5 Å². The van der Waals surface area contributed by atoms with Crippen molar-refractivity contribution in [1.29, 1.82) is 0 Å². The predicted octanol–water partition coefficient (Wildman–Crippen LogP) is 8.55. The molecule has 52 heavy (non-hydrogen) atoms. The average Bonchev–Trinajstić information content (AvgIpc) is 3.98.